The van der Waals surface area contributed by atoms with Crippen molar-refractivity contribution in [3.05, 3.63) is 29.9 Å². The summed E-state index contributed by atoms with van der Waals surface area (Å²) in [7, 11) is 0. The molecule has 1 aliphatic rings. The Morgan fingerprint density at radius 3 is 3.05 bits per heavy atom. The number of ether oxygens (including phenoxy) is 1. The van der Waals surface area contributed by atoms with Gasteiger partial charge in [0.15, 0.2) is 0 Å². The van der Waals surface area contributed by atoms with E-state index in [-0.39, 0.29) is 12.0 Å². The third kappa shape index (κ3) is 2.24. The molecule has 100 valence electrons. The summed E-state index contributed by atoms with van der Waals surface area (Å²) in [4.78, 5) is 8.57. The Hall–Kier alpha value is -1.79. The van der Waals surface area contributed by atoms with Crippen LogP contribution in [0.15, 0.2) is 23.0 Å². The second kappa shape index (κ2) is 5.07. The Bertz CT molecular complexity index is 569. The van der Waals surface area contributed by atoms with E-state index in [4.69, 9.17) is 15.0 Å². The molecule has 2 aromatic heterocycles. The maximum atomic E-state index is 5.95. The molecule has 19 heavy (non-hydrogen) atoms. The Kier molecular flexibility index (Phi) is 3.27. The zero-order valence-electron chi connectivity index (χ0n) is 10.7. The van der Waals surface area contributed by atoms with E-state index < -0.39 is 0 Å². The van der Waals surface area contributed by atoms with Gasteiger partial charge < -0.3 is 15.0 Å². The van der Waals surface area contributed by atoms with Crippen molar-refractivity contribution in [3.63, 3.8) is 0 Å². The molecule has 0 aromatic carbocycles. The molecule has 1 fully saturated rings. The summed E-state index contributed by atoms with van der Waals surface area (Å²) in [5.41, 5.74) is 8.01. The smallest absolute Gasteiger partial charge is 0.234 e. The molecule has 6 nitrogen and oxygen atoms in total. The number of hydrogen-bond donors (Lipinski definition) is 1. The molecule has 0 amide bonds. The number of nitrogens with zero attached hydrogens (tertiary/aromatic N) is 3. The summed E-state index contributed by atoms with van der Waals surface area (Å²) >= 11 is 0. The summed E-state index contributed by atoms with van der Waals surface area (Å²) in [6, 6.07) is 1.83. The summed E-state index contributed by atoms with van der Waals surface area (Å²) in [5.74, 6) is 1.14. The van der Waals surface area contributed by atoms with Gasteiger partial charge in [0.05, 0.1) is 19.1 Å². The number of aryl methyl sites for hydroxylation is 1. The maximum Gasteiger partial charge on any atom is 0.234 e. The molecule has 2 atom stereocenters. The van der Waals surface area contributed by atoms with E-state index in [2.05, 4.69) is 22.0 Å². The summed E-state index contributed by atoms with van der Waals surface area (Å²) in [6.07, 6.45) is 4.43. The van der Waals surface area contributed by atoms with Crippen LogP contribution in [0.5, 0.6) is 0 Å². The van der Waals surface area contributed by atoms with Crippen LogP contribution in [0.3, 0.4) is 0 Å². The van der Waals surface area contributed by atoms with Crippen molar-refractivity contribution in [1.82, 2.24) is 15.1 Å². The highest BCUT2D eigenvalue weighted by molar-refractivity contribution is 5.58. The number of nitrogens with two attached hydrogens (primary N) is 1. The van der Waals surface area contributed by atoms with Gasteiger partial charge in [0.2, 0.25) is 11.7 Å². The molecular formula is C13H16N4O2. The van der Waals surface area contributed by atoms with E-state index in [1.54, 1.807) is 6.20 Å². The van der Waals surface area contributed by atoms with Gasteiger partial charge in [0.25, 0.3) is 0 Å². The fourth-order valence-corrected chi connectivity index (χ4v) is 2.25. The largest absolute Gasteiger partial charge is 0.379 e. The molecule has 0 aliphatic carbocycles. The Morgan fingerprint density at radius 1 is 1.42 bits per heavy atom. The minimum Gasteiger partial charge on any atom is -0.379 e. The molecule has 2 N–H and O–H groups in total. The average molecular weight is 260 g/mol. The first-order valence-corrected chi connectivity index (χ1v) is 6.39. The van der Waals surface area contributed by atoms with Crippen LogP contribution >= 0.6 is 0 Å². The minimum absolute atomic E-state index is 0.00633. The van der Waals surface area contributed by atoms with Crippen molar-refractivity contribution >= 4 is 0 Å². The van der Waals surface area contributed by atoms with Gasteiger partial charge in [-0.25, -0.2) is 0 Å². The van der Waals surface area contributed by atoms with Crippen LogP contribution in [0, 0.1) is 0 Å². The Labute approximate surface area is 111 Å². The second-order valence-electron chi connectivity index (χ2n) is 4.65. The standard InChI is InChI=1S/C13H16N4O2/c1-2-8-5-15-4-3-9(8)12-16-13(19-17-12)10-6-18-7-11(10)14/h3-5,10-11H,2,6-7,14H2,1H3. The van der Waals surface area contributed by atoms with Gasteiger partial charge in [0.1, 0.15) is 0 Å². The van der Waals surface area contributed by atoms with Crippen LogP contribution in [0.25, 0.3) is 11.4 Å². The van der Waals surface area contributed by atoms with Gasteiger partial charge in [-0.2, -0.15) is 4.98 Å². The first-order valence-electron chi connectivity index (χ1n) is 6.39. The number of hydrogen-bond acceptors (Lipinski definition) is 6. The van der Waals surface area contributed by atoms with Crippen molar-refractivity contribution in [2.24, 2.45) is 5.73 Å². The predicted molar refractivity (Wildman–Crippen MR) is 68.4 cm³/mol. The summed E-state index contributed by atoms with van der Waals surface area (Å²) in [6.45, 7) is 3.15. The van der Waals surface area contributed by atoms with Crippen LogP contribution in [-0.2, 0) is 11.2 Å². The normalized spacial score (nSPS) is 22.8. The molecule has 2 unspecified atom stereocenters. The van der Waals surface area contributed by atoms with E-state index >= 15 is 0 Å². The van der Waals surface area contributed by atoms with Gasteiger partial charge in [-0.05, 0) is 18.1 Å². The number of aromatic nitrogens is 3. The van der Waals surface area contributed by atoms with E-state index in [9.17, 15) is 0 Å². The zero-order valence-corrected chi connectivity index (χ0v) is 10.7. The molecule has 3 rings (SSSR count). The zero-order chi connectivity index (χ0) is 13.2. The lowest BCUT2D eigenvalue weighted by atomic mass is 10.0. The third-order valence-electron chi connectivity index (χ3n) is 3.41. The number of rotatable bonds is 3. The molecule has 0 saturated carbocycles. The van der Waals surface area contributed by atoms with Gasteiger partial charge in [-0.1, -0.05) is 12.1 Å². The number of pyridine rings is 1. The van der Waals surface area contributed by atoms with Crippen LogP contribution in [0.2, 0.25) is 0 Å². The van der Waals surface area contributed by atoms with Gasteiger partial charge >= 0.3 is 0 Å². The van der Waals surface area contributed by atoms with Crippen LogP contribution in [0.4, 0.5) is 0 Å². The fourth-order valence-electron chi connectivity index (χ4n) is 2.25. The quantitative estimate of drug-likeness (QED) is 0.890. The second-order valence-corrected chi connectivity index (χ2v) is 4.65. The monoisotopic (exact) mass is 260 g/mol. The molecule has 1 saturated heterocycles. The SMILES string of the molecule is CCc1cnccc1-c1noc(C2COCC2N)n1. The van der Waals surface area contributed by atoms with Crippen molar-refractivity contribution in [1.29, 1.82) is 0 Å². The third-order valence-corrected chi connectivity index (χ3v) is 3.41. The van der Waals surface area contributed by atoms with Crippen LogP contribution in [0.1, 0.15) is 24.3 Å². The molecule has 6 heteroatoms. The lowest BCUT2D eigenvalue weighted by Crippen LogP contribution is -2.26. The molecule has 0 radical (unpaired) electrons. The fraction of sp³-hybridized carbons (Fsp3) is 0.462. The van der Waals surface area contributed by atoms with Crippen molar-refractivity contribution < 1.29 is 9.26 Å². The summed E-state index contributed by atoms with van der Waals surface area (Å²) < 4.78 is 10.7. The lowest BCUT2D eigenvalue weighted by molar-refractivity contribution is 0.187. The Balaban J connectivity index is 1.92. The van der Waals surface area contributed by atoms with Crippen LogP contribution < -0.4 is 5.73 Å². The van der Waals surface area contributed by atoms with Crippen molar-refractivity contribution in [2.75, 3.05) is 13.2 Å². The van der Waals surface area contributed by atoms with E-state index in [1.807, 2.05) is 12.3 Å². The summed E-state index contributed by atoms with van der Waals surface area (Å²) in [5, 5.41) is 4.05. The maximum absolute atomic E-state index is 5.95. The molecule has 2 aromatic rings. The first kappa shape index (κ1) is 12.3. The van der Waals surface area contributed by atoms with Crippen molar-refractivity contribution in [2.45, 2.75) is 25.3 Å². The highest BCUT2D eigenvalue weighted by Crippen LogP contribution is 2.26. The first-order chi connectivity index (χ1) is 9.29. The molecule has 0 bridgehead atoms. The minimum atomic E-state index is -0.0728. The molecule has 1 aliphatic heterocycles. The van der Waals surface area contributed by atoms with Gasteiger partial charge in [-0.15, -0.1) is 0 Å². The van der Waals surface area contributed by atoms with E-state index in [1.165, 1.54) is 0 Å². The highest BCUT2D eigenvalue weighted by atomic mass is 16.5. The van der Waals surface area contributed by atoms with Crippen molar-refractivity contribution in [3.8, 4) is 11.4 Å². The predicted octanol–water partition coefficient (Wildman–Crippen LogP) is 1.14. The molecule has 0 spiro atoms. The van der Waals surface area contributed by atoms with Gasteiger partial charge in [-0.3, -0.25) is 4.98 Å². The van der Waals surface area contributed by atoms with E-state index in [0.717, 1.165) is 17.5 Å². The van der Waals surface area contributed by atoms with Gasteiger partial charge in [0, 0.05) is 24.0 Å². The molecule has 3 heterocycles. The highest BCUT2D eigenvalue weighted by Gasteiger charge is 2.31. The van der Waals surface area contributed by atoms with Crippen LogP contribution in [-0.4, -0.2) is 34.4 Å². The molecular weight excluding hydrogens is 244 g/mol. The lowest BCUT2D eigenvalue weighted by Gasteiger charge is -2.06. The van der Waals surface area contributed by atoms with E-state index in [0.29, 0.717) is 24.9 Å². The Morgan fingerprint density at radius 2 is 2.32 bits per heavy atom. The average Bonchev–Trinajstić information content (AvgIpc) is 3.07. The topological polar surface area (TPSA) is 87.1 Å².